The van der Waals surface area contributed by atoms with Gasteiger partial charge in [-0.2, -0.15) is 4.31 Å². The Hall–Kier alpha value is -0.620. The number of halogens is 1. The van der Waals surface area contributed by atoms with Crippen molar-refractivity contribution >= 4 is 22.4 Å². The molecule has 1 fully saturated rings. The monoisotopic (exact) mass is 276 g/mol. The van der Waals surface area contributed by atoms with Crippen LogP contribution in [0.1, 0.15) is 12.0 Å². The van der Waals surface area contributed by atoms with Crippen molar-refractivity contribution in [2.75, 3.05) is 13.1 Å². The molecule has 1 aliphatic rings. The first-order valence-electron chi connectivity index (χ1n) is 5.32. The Bertz CT molecular complexity index is 490. The lowest BCUT2D eigenvalue weighted by Gasteiger charge is -2.16. The van der Waals surface area contributed by atoms with Gasteiger partial charge in [-0.25, -0.2) is 8.42 Å². The molecule has 2 rings (SSSR count). The highest BCUT2D eigenvalue weighted by atomic mass is 35.5. The lowest BCUT2D eigenvalue weighted by atomic mass is 10.2. The van der Waals surface area contributed by atoms with Crippen LogP contribution in [0.4, 0.5) is 0 Å². The van der Waals surface area contributed by atoms with Gasteiger partial charge in [-0.1, -0.05) is 12.1 Å². The molecule has 1 saturated heterocycles. The van der Waals surface area contributed by atoms with Gasteiger partial charge in [0.2, 0.25) is 10.0 Å². The number of hydrogen-bond acceptors (Lipinski definition) is 3. The Labute approximate surface area is 108 Å². The minimum Gasteiger partial charge on any atom is -0.326 e. The van der Waals surface area contributed by atoms with E-state index in [0.717, 1.165) is 12.0 Å². The standard InChI is InChI=1S/C11H16N2O2S.ClH/c1-9-3-2-4-11(7-9)16(14,15)13-6-5-10(12)8-13;/h2-4,7,10H,5-6,8,12H2,1H3;1H/t10-;/m0./s1. The largest absolute Gasteiger partial charge is 0.326 e. The van der Waals surface area contributed by atoms with Crippen LogP contribution in [0.2, 0.25) is 0 Å². The van der Waals surface area contributed by atoms with Gasteiger partial charge in [-0.3, -0.25) is 0 Å². The summed E-state index contributed by atoms with van der Waals surface area (Å²) in [4.78, 5) is 0.363. The van der Waals surface area contributed by atoms with Crippen molar-refractivity contribution in [3.63, 3.8) is 0 Å². The van der Waals surface area contributed by atoms with Crippen LogP contribution in [-0.2, 0) is 10.0 Å². The number of nitrogens with zero attached hydrogens (tertiary/aromatic N) is 1. The molecule has 1 aromatic rings. The first-order valence-corrected chi connectivity index (χ1v) is 6.76. The van der Waals surface area contributed by atoms with Crippen LogP contribution in [0, 0.1) is 6.92 Å². The van der Waals surface area contributed by atoms with Crippen molar-refractivity contribution in [3.05, 3.63) is 29.8 Å². The number of benzene rings is 1. The average Bonchev–Trinajstić information content (AvgIpc) is 2.65. The highest BCUT2D eigenvalue weighted by Gasteiger charge is 2.30. The molecule has 6 heteroatoms. The van der Waals surface area contributed by atoms with Crippen molar-refractivity contribution in [2.24, 2.45) is 5.73 Å². The van der Waals surface area contributed by atoms with Crippen LogP contribution in [0.25, 0.3) is 0 Å². The fourth-order valence-corrected chi connectivity index (χ4v) is 3.51. The maximum Gasteiger partial charge on any atom is 0.243 e. The summed E-state index contributed by atoms with van der Waals surface area (Å²) >= 11 is 0. The SMILES string of the molecule is Cc1cccc(S(=O)(=O)N2CC[C@H](N)C2)c1.Cl. The summed E-state index contributed by atoms with van der Waals surface area (Å²) in [6.07, 6.45) is 0.741. The molecule has 4 nitrogen and oxygen atoms in total. The number of rotatable bonds is 2. The predicted octanol–water partition coefficient (Wildman–Crippen LogP) is 1.14. The molecule has 2 N–H and O–H groups in total. The second-order valence-electron chi connectivity index (χ2n) is 4.23. The van der Waals surface area contributed by atoms with Crippen molar-refractivity contribution in [3.8, 4) is 0 Å². The maximum absolute atomic E-state index is 12.2. The maximum atomic E-state index is 12.2. The van der Waals surface area contributed by atoms with Gasteiger partial charge in [0.25, 0.3) is 0 Å². The van der Waals surface area contributed by atoms with Gasteiger partial charge in [-0.15, -0.1) is 12.4 Å². The normalized spacial score (nSPS) is 21.2. The average molecular weight is 277 g/mol. The van der Waals surface area contributed by atoms with Crippen LogP contribution < -0.4 is 5.73 Å². The summed E-state index contributed by atoms with van der Waals surface area (Å²) in [6, 6.07) is 6.94. The number of hydrogen-bond donors (Lipinski definition) is 1. The zero-order chi connectivity index (χ0) is 11.8. The number of aryl methyl sites for hydroxylation is 1. The van der Waals surface area contributed by atoms with Gasteiger partial charge in [-0.05, 0) is 31.0 Å². The van der Waals surface area contributed by atoms with Crippen molar-refractivity contribution in [2.45, 2.75) is 24.3 Å². The number of sulfonamides is 1. The van der Waals surface area contributed by atoms with E-state index in [1.54, 1.807) is 18.2 Å². The van der Waals surface area contributed by atoms with Crippen LogP contribution in [0.5, 0.6) is 0 Å². The first kappa shape index (κ1) is 14.4. The molecule has 96 valence electrons. The molecule has 1 atom stereocenters. The Morgan fingerprint density at radius 1 is 1.41 bits per heavy atom. The van der Waals surface area contributed by atoms with Crippen LogP contribution in [0.15, 0.2) is 29.2 Å². The third kappa shape index (κ3) is 2.98. The third-order valence-electron chi connectivity index (χ3n) is 2.81. The molecule has 1 aromatic carbocycles. The van der Waals surface area contributed by atoms with Crippen LogP contribution >= 0.6 is 12.4 Å². The zero-order valence-electron chi connectivity index (χ0n) is 9.67. The molecule has 0 aliphatic carbocycles. The lowest BCUT2D eigenvalue weighted by molar-refractivity contribution is 0.472. The second kappa shape index (κ2) is 5.35. The van der Waals surface area contributed by atoms with E-state index in [9.17, 15) is 8.42 Å². The number of nitrogens with two attached hydrogens (primary N) is 1. The summed E-state index contributed by atoms with van der Waals surface area (Å²) < 4.78 is 25.9. The molecule has 0 unspecified atom stereocenters. The van der Waals surface area contributed by atoms with E-state index in [-0.39, 0.29) is 18.4 Å². The molecular weight excluding hydrogens is 260 g/mol. The van der Waals surface area contributed by atoms with Crippen molar-refractivity contribution < 1.29 is 8.42 Å². The van der Waals surface area contributed by atoms with E-state index in [0.29, 0.717) is 18.0 Å². The van der Waals surface area contributed by atoms with E-state index in [1.165, 1.54) is 4.31 Å². The van der Waals surface area contributed by atoms with Crippen molar-refractivity contribution in [1.29, 1.82) is 0 Å². The minimum absolute atomic E-state index is 0. The molecular formula is C11H17ClN2O2S. The fourth-order valence-electron chi connectivity index (χ4n) is 1.90. The summed E-state index contributed by atoms with van der Waals surface area (Å²) in [6.45, 7) is 2.84. The van der Waals surface area contributed by atoms with E-state index >= 15 is 0 Å². The van der Waals surface area contributed by atoms with E-state index in [1.807, 2.05) is 13.0 Å². The molecule has 0 aromatic heterocycles. The van der Waals surface area contributed by atoms with E-state index in [4.69, 9.17) is 5.73 Å². The predicted molar refractivity (Wildman–Crippen MR) is 69.8 cm³/mol. The molecule has 0 bridgehead atoms. The second-order valence-corrected chi connectivity index (χ2v) is 6.17. The molecule has 1 aliphatic heterocycles. The summed E-state index contributed by atoms with van der Waals surface area (Å²) in [5.41, 5.74) is 6.67. The minimum atomic E-state index is -3.34. The van der Waals surface area contributed by atoms with Gasteiger partial charge < -0.3 is 5.73 Å². The summed E-state index contributed by atoms with van der Waals surface area (Å²) in [5, 5.41) is 0. The Kier molecular flexibility index (Phi) is 4.55. The molecule has 0 spiro atoms. The smallest absolute Gasteiger partial charge is 0.243 e. The van der Waals surface area contributed by atoms with Crippen LogP contribution in [-0.4, -0.2) is 31.9 Å². The summed E-state index contributed by atoms with van der Waals surface area (Å²) in [7, 11) is -3.34. The Morgan fingerprint density at radius 3 is 2.65 bits per heavy atom. The molecule has 0 saturated carbocycles. The van der Waals surface area contributed by atoms with Gasteiger partial charge in [0.1, 0.15) is 0 Å². The topological polar surface area (TPSA) is 63.4 Å². The molecule has 1 heterocycles. The Balaban J connectivity index is 0.00000144. The van der Waals surface area contributed by atoms with E-state index in [2.05, 4.69) is 0 Å². The summed E-state index contributed by atoms with van der Waals surface area (Å²) in [5.74, 6) is 0. The van der Waals surface area contributed by atoms with Crippen LogP contribution in [0.3, 0.4) is 0 Å². The van der Waals surface area contributed by atoms with Gasteiger partial charge >= 0.3 is 0 Å². The molecule has 0 radical (unpaired) electrons. The lowest BCUT2D eigenvalue weighted by Crippen LogP contribution is -2.31. The zero-order valence-corrected chi connectivity index (χ0v) is 11.3. The van der Waals surface area contributed by atoms with Crippen molar-refractivity contribution in [1.82, 2.24) is 4.31 Å². The molecule has 0 amide bonds. The van der Waals surface area contributed by atoms with E-state index < -0.39 is 10.0 Å². The fraction of sp³-hybridized carbons (Fsp3) is 0.455. The van der Waals surface area contributed by atoms with Gasteiger partial charge in [0.15, 0.2) is 0 Å². The quantitative estimate of drug-likeness (QED) is 0.881. The Morgan fingerprint density at radius 2 is 2.12 bits per heavy atom. The first-order chi connectivity index (χ1) is 7.50. The third-order valence-corrected chi connectivity index (χ3v) is 4.68. The molecule has 17 heavy (non-hydrogen) atoms. The van der Waals surface area contributed by atoms with Gasteiger partial charge in [0, 0.05) is 19.1 Å². The van der Waals surface area contributed by atoms with Gasteiger partial charge in [0.05, 0.1) is 4.90 Å². The highest BCUT2D eigenvalue weighted by Crippen LogP contribution is 2.20. The highest BCUT2D eigenvalue weighted by molar-refractivity contribution is 7.89.